The zero-order chi connectivity index (χ0) is 23.0. The summed E-state index contributed by atoms with van der Waals surface area (Å²) in [5.74, 6) is 0.0749. The van der Waals surface area contributed by atoms with Gasteiger partial charge in [0.25, 0.3) is 5.56 Å². The van der Waals surface area contributed by atoms with Gasteiger partial charge in [0.15, 0.2) is 0 Å². The van der Waals surface area contributed by atoms with Gasteiger partial charge in [0, 0.05) is 12.1 Å². The first kappa shape index (κ1) is 21.6. The molecule has 11 heteroatoms. The highest BCUT2D eigenvalue weighted by atomic mass is 32.1. The maximum absolute atomic E-state index is 13.8. The summed E-state index contributed by atoms with van der Waals surface area (Å²) in [7, 11) is 1.49. The molecule has 1 aromatic carbocycles. The summed E-state index contributed by atoms with van der Waals surface area (Å²) in [4.78, 5) is 39.8. The summed E-state index contributed by atoms with van der Waals surface area (Å²) >= 11 is 1.21. The number of carbonyl (C=O) groups is 1. The molecule has 166 valence electrons. The van der Waals surface area contributed by atoms with Crippen molar-refractivity contribution in [2.45, 2.75) is 32.9 Å². The normalized spacial score (nSPS) is 12.2. The minimum atomic E-state index is -0.945. The largest absolute Gasteiger partial charge is 0.496 e. The average Bonchev–Trinajstić information content (AvgIpc) is 3.41. The van der Waals surface area contributed by atoms with Crippen molar-refractivity contribution in [2.24, 2.45) is 0 Å². The Balaban J connectivity index is 1.94. The number of methoxy groups -OCH3 is 1. The van der Waals surface area contributed by atoms with Crippen LogP contribution in [-0.4, -0.2) is 37.5 Å². The van der Waals surface area contributed by atoms with Crippen LogP contribution in [0.3, 0.4) is 0 Å². The molecule has 1 unspecified atom stereocenters. The van der Waals surface area contributed by atoms with Gasteiger partial charge in [-0.25, -0.2) is 13.8 Å². The lowest BCUT2D eigenvalue weighted by molar-refractivity contribution is -0.110. The molecule has 1 atom stereocenters. The summed E-state index contributed by atoms with van der Waals surface area (Å²) < 4.78 is 21.5. The Kier molecular flexibility index (Phi) is 5.74. The number of halogens is 1. The van der Waals surface area contributed by atoms with E-state index < -0.39 is 23.1 Å². The molecule has 0 aliphatic carbocycles. The molecule has 0 saturated carbocycles. The molecule has 0 bridgehead atoms. The molecule has 3 heterocycles. The molecule has 32 heavy (non-hydrogen) atoms. The number of carbonyl (C=O) groups excluding carboxylic acids is 1. The van der Waals surface area contributed by atoms with Crippen molar-refractivity contribution < 1.29 is 13.9 Å². The van der Waals surface area contributed by atoms with Crippen LogP contribution in [0.25, 0.3) is 15.2 Å². The molecule has 0 aliphatic heterocycles. The third kappa shape index (κ3) is 3.54. The number of nitrogens with zero attached hydrogens (tertiary/aromatic N) is 5. The molecule has 0 radical (unpaired) electrons. The number of aromatic nitrogens is 5. The molecule has 0 N–H and O–H groups in total. The summed E-state index contributed by atoms with van der Waals surface area (Å²) in [5.41, 5.74) is 0.0288. The van der Waals surface area contributed by atoms with Gasteiger partial charge in [-0.1, -0.05) is 11.3 Å². The monoisotopic (exact) mass is 457 g/mol. The second kappa shape index (κ2) is 8.50. The number of aryl methyl sites for hydroxylation is 3. The van der Waals surface area contributed by atoms with E-state index in [9.17, 15) is 18.8 Å². The number of aldehydes is 1. The van der Waals surface area contributed by atoms with Crippen LogP contribution in [0.1, 0.15) is 24.1 Å². The van der Waals surface area contributed by atoms with Gasteiger partial charge >= 0.3 is 5.69 Å². The molecule has 0 saturated heterocycles. The number of ether oxygens (including phenoxy) is 1. The smallest absolute Gasteiger partial charge is 0.332 e. The van der Waals surface area contributed by atoms with E-state index in [-0.39, 0.29) is 13.0 Å². The van der Waals surface area contributed by atoms with E-state index in [0.29, 0.717) is 38.4 Å². The van der Waals surface area contributed by atoms with Crippen LogP contribution in [0.5, 0.6) is 5.75 Å². The van der Waals surface area contributed by atoms with Gasteiger partial charge in [-0.05, 0) is 44.0 Å². The first-order chi connectivity index (χ1) is 15.4. The molecule has 0 spiro atoms. The van der Waals surface area contributed by atoms with Crippen LogP contribution < -0.4 is 16.0 Å². The van der Waals surface area contributed by atoms with E-state index in [1.165, 1.54) is 65.3 Å². The van der Waals surface area contributed by atoms with Gasteiger partial charge in [0.1, 0.15) is 27.7 Å². The highest BCUT2D eigenvalue weighted by Gasteiger charge is 2.23. The average molecular weight is 457 g/mol. The highest BCUT2D eigenvalue weighted by Crippen LogP contribution is 2.31. The molecule has 0 fully saturated rings. The highest BCUT2D eigenvalue weighted by molar-refractivity contribution is 7.21. The van der Waals surface area contributed by atoms with Crippen molar-refractivity contribution in [2.75, 3.05) is 7.11 Å². The minimum absolute atomic E-state index is 0.146. The number of hydrogen-bond acceptors (Lipinski definition) is 7. The molecule has 4 rings (SSSR count). The van der Waals surface area contributed by atoms with E-state index >= 15 is 0 Å². The Morgan fingerprint density at radius 1 is 1.25 bits per heavy atom. The Morgan fingerprint density at radius 3 is 2.62 bits per heavy atom. The van der Waals surface area contributed by atoms with Crippen molar-refractivity contribution in [1.29, 1.82) is 0 Å². The molecule has 9 nitrogen and oxygen atoms in total. The van der Waals surface area contributed by atoms with E-state index in [0.717, 1.165) is 4.57 Å². The number of hydrogen-bond donors (Lipinski definition) is 0. The van der Waals surface area contributed by atoms with Gasteiger partial charge in [-0.15, -0.1) is 4.80 Å². The Labute approximate surface area is 185 Å². The quantitative estimate of drug-likeness (QED) is 0.395. The minimum Gasteiger partial charge on any atom is -0.496 e. The summed E-state index contributed by atoms with van der Waals surface area (Å²) in [6, 6.07) is 3.23. The first-order valence-electron chi connectivity index (χ1n) is 9.80. The van der Waals surface area contributed by atoms with Crippen molar-refractivity contribution >= 4 is 27.8 Å². The van der Waals surface area contributed by atoms with Crippen LogP contribution in [0, 0.1) is 12.7 Å². The second-order valence-electron chi connectivity index (χ2n) is 7.22. The van der Waals surface area contributed by atoms with Gasteiger partial charge in [-0.2, -0.15) is 10.2 Å². The molecular formula is C21H20FN5O4S. The van der Waals surface area contributed by atoms with Crippen LogP contribution in [-0.2, 0) is 17.8 Å². The predicted molar refractivity (Wildman–Crippen MR) is 117 cm³/mol. The topological polar surface area (TPSA) is 101 Å². The van der Waals surface area contributed by atoms with Crippen LogP contribution >= 0.6 is 11.3 Å². The van der Waals surface area contributed by atoms with Gasteiger partial charge in [0.2, 0.25) is 0 Å². The Hall–Kier alpha value is -3.60. The van der Waals surface area contributed by atoms with Crippen molar-refractivity contribution in [3.05, 3.63) is 68.4 Å². The Bertz CT molecular complexity index is 1420. The molecule has 3 aromatic heterocycles. The van der Waals surface area contributed by atoms with Gasteiger partial charge in [-0.3, -0.25) is 9.36 Å². The number of fused-ring (bicyclic) bond motifs is 1. The summed E-state index contributed by atoms with van der Waals surface area (Å²) in [5, 5.41) is 9.17. The van der Waals surface area contributed by atoms with Crippen LogP contribution in [0.2, 0.25) is 0 Å². The summed E-state index contributed by atoms with van der Waals surface area (Å²) in [6.45, 7) is 3.38. The maximum atomic E-state index is 13.8. The van der Waals surface area contributed by atoms with Crippen molar-refractivity contribution in [3.8, 4) is 10.8 Å². The van der Waals surface area contributed by atoms with Gasteiger partial charge < -0.3 is 9.53 Å². The fourth-order valence-corrected chi connectivity index (χ4v) is 4.89. The first-order valence-corrected chi connectivity index (χ1v) is 10.6. The van der Waals surface area contributed by atoms with Gasteiger partial charge in [0.05, 0.1) is 30.9 Å². The number of rotatable bonds is 7. The van der Waals surface area contributed by atoms with E-state index in [2.05, 4.69) is 10.2 Å². The Morgan fingerprint density at radius 2 is 1.97 bits per heavy atom. The second-order valence-corrected chi connectivity index (χ2v) is 8.20. The molecular weight excluding hydrogens is 437 g/mol. The number of thiophene rings is 1. The number of benzene rings is 1. The van der Waals surface area contributed by atoms with Crippen molar-refractivity contribution in [3.63, 3.8) is 0 Å². The van der Waals surface area contributed by atoms with Crippen LogP contribution in [0.15, 0.2) is 40.2 Å². The third-order valence-corrected chi connectivity index (χ3v) is 6.55. The zero-order valence-electron chi connectivity index (χ0n) is 17.6. The third-order valence-electron chi connectivity index (χ3n) is 5.27. The lowest BCUT2D eigenvalue weighted by Crippen LogP contribution is -2.42. The fraction of sp³-hybridized carbons (Fsp3) is 0.286. The lowest BCUT2D eigenvalue weighted by atomic mass is 10.1. The zero-order valence-corrected chi connectivity index (χ0v) is 18.4. The molecule has 0 amide bonds. The van der Waals surface area contributed by atoms with Crippen LogP contribution in [0.4, 0.5) is 4.39 Å². The molecule has 0 aliphatic rings. The standard InChI is InChI=1S/C21H20FN5O4S/c1-12(11-28)26-18(29)17-13(2)19(27-23-7-8-24-27)32-20(17)25(21(26)30)9-6-14-10-15(22)4-5-16(14)31-3/h4-5,7-8,10-12H,6,9H2,1-3H3. The van der Waals surface area contributed by atoms with E-state index in [1.54, 1.807) is 6.92 Å². The lowest BCUT2D eigenvalue weighted by Gasteiger charge is -2.15. The maximum Gasteiger partial charge on any atom is 0.332 e. The fourth-order valence-electron chi connectivity index (χ4n) is 3.66. The SMILES string of the molecule is COc1ccc(F)cc1CCn1c(=O)n(C(C)C=O)c(=O)c2c(C)c(-n3nccn3)sc21. The van der Waals surface area contributed by atoms with Crippen molar-refractivity contribution in [1.82, 2.24) is 24.1 Å². The van der Waals surface area contributed by atoms with E-state index in [4.69, 9.17) is 4.74 Å². The summed E-state index contributed by atoms with van der Waals surface area (Å²) in [6.07, 6.45) is 3.85. The predicted octanol–water partition coefficient (Wildman–Crippen LogP) is 2.26. The van der Waals surface area contributed by atoms with E-state index in [1.807, 2.05) is 0 Å². The molecule has 4 aromatic rings.